The van der Waals surface area contributed by atoms with Crippen LogP contribution in [0.2, 0.25) is 0 Å². The Kier molecular flexibility index (Phi) is 5.38. The quantitative estimate of drug-likeness (QED) is 0.730. The second-order valence-corrected chi connectivity index (χ2v) is 7.28. The van der Waals surface area contributed by atoms with Gasteiger partial charge in [-0.05, 0) is 23.9 Å². The van der Waals surface area contributed by atoms with Crippen LogP contribution in [0, 0.1) is 0 Å². The average molecular weight is 411 g/mol. The van der Waals surface area contributed by atoms with Gasteiger partial charge in [0.25, 0.3) is 11.1 Å². The Morgan fingerprint density at radius 3 is 2.55 bits per heavy atom. The van der Waals surface area contributed by atoms with E-state index >= 15 is 0 Å². The number of piperazine rings is 1. The van der Waals surface area contributed by atoms with Gasteiger partial charge in [-0.1, -0.05) is 18.2 Å². The molecule has 2 aliphatic rings. The highest BCUT2D eigenvalue weighted by Crippen LogP contribution is 2.24. The van der Waals surface area contributed by atoms with Gasteiger partial charge in [-0.2, -0.15) is 4.98 Å². The lowest BCUT2D eigenvalue weighted by Crippen LogP contribution is -2.50. The maximum atomic E-state index is 12.4. The van der Waals surface area contributed by atoms with E-state index in [0.29, 0.717) is 38.0 Å². The van der Waals surface area contributed by atoms with E-state index in [9.17, 15) is 14.4 Å². The molecule has 2 aliphatic heterocycles. The zero-order valence-corrected chi connectivity index (χ0v) is 16.1. The van der Waals surface area contributed by atoms with Crippen LogP contribution < -0.4 is 15.5 Å². The number of urea groups is 1. The highest BCUT2D eigenvalue weighted by Gasteiger charge is 2.26. The number of hydrogen-bond acceptors (Lipinski definition) is 8. The topological polar surface area (TPSA) is 120 Å². The minimum atomic E-state index is -0.458. The number of nitrogens with one attached hydrogen (secondary N) is 2. The van der Waals surface area contributed by atoms with Crippen molar-refractivity contribution in [2.75, 3.05) is 36.4 Å². The summed E-state index contributed by atoms with van der Waals surface area (Å²) in [4.78, 5) is 51.8. The summed E-state index contributed by atoms with van der Waals surface area (Å²) < 4.78 is 0. The molecule has 0 atom stereocenters. The molecule has 2 aromatic rings. The zero-order chi connectivity index (χ0) is 20.2. The predicted molar refractivity (Wildman–Crippen MR) is 108 cm³/mol. The summed E-state index contributed by atoms with van der Waals surface area (Å²) in [5.74, 6) is 0.302. The number of thioether (sulfide) groups is 1. The van der Waals surface area contributed by atoms with Gasteiger partial charge in [-0.15, -0.1) is 0 Å². The summed E-state index contributed by atoms with van der Waals surface area (Å²) in [6, 6.07) is 9.15. The molecule has 11 heteroatoms. The fraction of sp³-hybridized carbons (Fsp3) is 0.222. The van der Waals surface area contributed by atoms with Crippen molar-refractivity contribution in [1.29, 1.82) is 0 Å². The molecule has 4 rings (SSSR count). The normalized spacial score (nSPS) is 18.1. The summed E-state index contributed by atoms with van der Waals surface area (Å²) >= 11 is 0.810. The Hall–Kier alpha value is -3.47. The molecule has 0 bridgehead atoms. The molecule has 2 N–H and O–H groups in total. The molecule has 1 aromatic carbocycles. The van der Waals surface area contributed by atoms with Gasteiger partial charge in [0, 0.05) is 37.9 Å². The standard InChI is InChI=1S/C18H17N7O3S/c26-15-13(29-18(28)23-15)10-14-19-11-20-16(22-14)24-6-8-25(9-7-24)17(27)21-12-4-2-1-3-5-12/h1-5,10-11H,6-9H2,(H,21,27)(H,23,26,28). The van der Waals surface area contributed by atoms with Crippen molar-refractivity contribution in [3.63, 3.8) is 0 Å². The third-order valence-electron chi connectivity index (χ3n) is 4.35. The van der Waals surface area contributed by atoms with E-state index < -0.39 is 11.1 Å². The zero-order valence-electron chi connectivity index (χ0n) is 15.2. The molecule has 2 fully saturated rings. The van der Waals surface area contributed by atoms with Crippen molar-refractivity contribution in [3.8, 4) is 0 Å². The van der Waals surface area contributed by atoms with Gasteiger partial charge in [-0.25, -0.2) is 14.8 Å². The Bertz CT molecular complexity index is 974. The van der Waals surface area contributed by atoms with Crippen molar-refractivity contribution in [2.24, 2.45) is 0 Å². The molecule has 0 saturated carbocycles. The van der Waals surface area contributed by atoms with E-state index in [2.05, 4.69) is 25.6 Å². The van der Waals surface area contributed by atoms with Crippen LogP contribution >= 0.6 is 11.8 Å². The fourth-order valence-electron chi connectivity index (χ4n) is 2.89. The molecule has 148 valence electrons. The van der Waals surface area contributed by atoms with Crippen LogP contribution in [0.15, 0.2) is 41.6 Å². The number of benzene rings is 1. The molecule has 1 aromatic heterocycles. The molecule has 3 heterocycles. The molecular weight excluding hydrogens is 394 g/mol. The predicted octanol–water partition coefficient (Wildman–Crippen LogP) is 1.55. The molecule has 2 saturated heterocycles. The first kappa shape index (κ1) is 18.9. The molecule has 0 spiro atoms. The van der Waals surface area contributed by atoms with E-state index in [1.165, 1.54) is 12.4 Å². The Morgan fingerprint density at radius 1 is 1.10 bits per heavy atom. The SMILES string of the molecule is O=C1NC(=O)C(=Cc2ncnc(N3CCN(C(=O)Nc4ccccc4)CC3)n2)S1. The van der Waals surface area contributed by atoms with E-state index in [1.807, 2.05) is 35.2 Å². The van der Waals surface area contributed by atoms with Crippen LogP contribution in [0.25, 0.3) is 6.08 Å². The van der Waals surface area contributed by atoms with Crippen LogP contribution in [0.3, 0.4) is 0 Å². The Balaban J connectivity index is 1.37. The molecular formula is C18H17N7O3S. The van der Waals surface area contributed by atoms with Gasteiger partial charge < -0.3 is 15.1 Å². The summed E-state index contributed by atoms with van der Waals surface area (Å²) in [5, 5.41) is 4.65. The van der Waals surface area contributed by atoms with Crippen molar-refractivity contribution in [2.45, 2.75) is 0 Å². The summed E-state index contributed by atoms with van der Waals surface area (Å²) in [7, 11) is 0. The molecule has 0 radical (unpaired) electrons. The third-order valence-corrected chi connectivity index (χ3v) is 5.17. The molecule has 4 amide bonds. The van der Waals surface area contributed by atoms with Crippen LogP contribution in [0.5, 0.6) is 0 Å². The maximum absolute atomic E-state index is 12.4. The highest BCUT2D eigenvalue weighted by atomic mass is 32.2. The van der Waals surface area contributed by atoms with Gasteiger partial charge >= 0.3 is 6.03 Å². The molecule has 29 heavy (non-hydrogen) atoms. The minimum Gasteiger partial charge on any atom is -0.337 e. The van der Waals surface area contributed by atoms with Crippen molar-refractivity contribution < 1.29 is 14.4 Å². The minimum absolute atomic E-state index is 0.147. The van der Waals surface area contributed by atoms with Gasteiger partial charge in [0.15, 0.2) is 5.82 Å². The second-order valence-electron chi connectivity index (χ2n) is 6.27. The monoisotopic (exact) mass is 411 g/mol. The number of carbonyl (C=O) groups excluding carboxylic acids is 3. The van der Waals surface area contributed by atoms with Gasteiger partial charge in [0.05, 0.1) is 4.91 Å². The van der Waals surface area contributed by atoms with Crippen LogP contribution in [-0.4, -0.2) is 63.2 Å². The van der Waals surface area contributed by atoms with Crippen LogP contribution in [0.1, 0.15) is 5.82 Å². The van der Waals surface area contributed by atoms with E-state index in [-0.39, 0.29) is 10.9 Å². The van der Waals surface area contributed by atoms with Crippen molar-refractivity contribution >= 4 is 46.7 Å². The second kappa shape index (κ2) is 8.27. The number of aromatic nitrogens is 3. The van der Waals surface area contributed by atoms with E-state index in [1.54, 1.807) is 4.90 Å². The Labute approximate surface area is 170 Å². The third kappa shape index (κ3) is 4.51. The van der Waals surface area contributed by atoms with Crippen LogP contribution in [-0.2, 0) is 4.79 Å². The van der Waals surface area contributed by atoms with E-state index in [0.717, 1.165) is 17.4 Å². The lowest BCUT2D eigenvalue weighted by atomic mass is 10.3. The van der Waals surface area contributed by atoms with Crippen LogP contribution in [0.4, 0.5) is 21.2 Å². The first-order chi connectivity index (χ1) is 14.1. The first-order valence-corrected chi connectivity index (χ1v) is 9.70. The number of rotatable bonds is 3. The van der Waals surface area contributed by atoms with Crippen molar-refractivity contribution in [3.05, 3.63) is 47.4 Å². The summed E-state index contributed by atoms with van der Waals surface area (Å²) in [5.41, 5.74) is 0.752. The Morgan fingerprint density at radius 2 is 1.86 bits per heavy atom. The summed E-state index contributed by atoms with van der Waals surface area (Å²) in [6.07, 6.45) is 2.82. The largest absolute Gasteiger partial charge is 0.337 e. The number of carbonyl (C=O) groups is 3. The number of imide groups is 1. The van der Waals surface area contributed by atoms with Crippen molar-refractivity contribution in [1.82, 2.24) is 25.2 Å². The summed E-state index contributed by atoms with van der Waals surface area (Å²) in [6.45, 7) is 2.17. The fourth-order valence-corrected chi connectivity index (χ4v) is 3.55. The number of anilines is 2. The van der Waals surface area contributed by atoms with Gasteiger partial charge in [0.2, 0.25) is 5.95 Å². The maximum Gasteiger partial charge on any atom is 0.321 e. The van der Waals surface area contributed by atoms with Gasteiger partial charge in [0.1, 0.15) is 6.33 Å². The van der Waals surface area contributed by atoms with E-state index in [4.69, 9.17) is 0 Å². The molecule has 10 nitrogen and oxygen atoms in total. The lowest BCUT2D eigenvalue weighted by molar-refractivity contribution is -0.115. The smallest absolute Gasteiger partial charge is 0.321 e. The lowest BCUT2D eigenvalue weighted by Gasteiger charge is -2.34. The molecule has 0 unspecified atom stereocenters. The first-order valence-electron chi connectivity index (χ1n) is 8.88. The number of nitrogens with zero attached hydrogens (tertiary/aromatic N) is 5. The molecule has 0 aliphatic carbocycles. The number of para-hydroxylation sites is 1. The number of hydrogen-bond donors (Lipinski definition) is 2. The van der Waals surface area contributed by atoms with Gasteiger partial charge in [-0.3, -0.25) is 14.9 Å². The highest BCUT2D eigenvalue weighted by molar-refractivity contribution is 8.18. The number of amides is 4. The average Bonchev–Trinajstić information content (AvgIpc) is 3.05.